The fourth-order valence-corrected chi connectivity index (χ4v) is 2.94. The number of carbonyl (C=O) groups is 1. The van der Waals surface area contributed by atoms with E-state index in [9.17, 15) is 4.79 Å². The summed E-state index contributed by atoms with van der Waals surface area (Å²) in [7, 11) is 0. The van der Waals surface area contributed by atoms with E-state index in [-0.39, 0.29) is 12.5 Å². The summed E-state index contributed by atoms with van der Waals surface area (Å²) < 4.78 is 0. The summed E-state index contributed by atoms with van der Waals surface area (Å²) in [4.78, 5) is 11.9. The number of rotatable bonds is 5. The van der Waals surface area contributed by atoms with E-state index in [4.69, 9.17) is 16.8 Å². The Bertz CT molecular complexity index is 670. The highest BCUT2D eigenvalue weighted by Crippen LogP contribution is 2.39. The number of hydrogen-bond acceptors (Lipinski definition) is 5. The van der Waals surface area contributed by atoms with Crippen LogP contribution < -0.4 is 16.9 Å². The average Bonchev–Trinajstić information content (AvgIpc) is 3.50. The predicted octanol–water partition coefficient (Wildman–Crippen LogP) is 3.10. The largest absolute Gasteiger partial charge is 0.399 e. The second-order valence-electron chi connectivity index (χ2n) is 7.42. The van der Waals surface area contributed by atoms with Crippen LogP contribution in [0.4, 0.5) is 0 Å². The van der Waals surface area contributed by atoms with Crippen LogP contribution in [0.1, 0.15) is 67.3 Å². The van der Waals surface area contributed by atoms with E-state index in [1.165, 1.54) is 49.7 Å². The molecule has 6 nitrogen and oxygen atoms in total. The molecule has 0 heterocycles. The molecule has 0 unspecified atom stereocenters. The van der Waals surface area contributed by atoms with Crippen LogP contribution in [0.2, 0.25) is 0 Å². The van der Waals surface area contributed by atoms with Crippen LogP contribution >= 0.6 is 0 Å². The van der Waals surface area contributed by atoms with Gasteiger partial charge >= 0.3 is 0 Å². The van der Waals surface area contributed by atoms with E-state index in [0.717, 1.165) is 18.4 Å². The summed E-state index contributed by atoms with van der Waals surface area (Å²) >= 11 is 0. The van der Waals surface area contributed by atoms with Crippen molar-refractivity contribution in [3.8, 4) is 6.07 Å². The number of hydrazine groups is 1. The van der Waals surface area contributed by atoms with E-state index in [0.29, 0.717) is 11.3 Å². The summed E-state index contributed by atoms with van der Waals surface area (Å²) in [5.74, 6) is 5.60. The first-order valence-corrected chi connectivity index (χ1v) is 9.73. The topological polar surface area (TPSA) is 108 Å². The fraction of sp³-hybridized carbons (Fsp3) is 0.524. The summed E-state index contributed by atoms with van der Waals surface area (Å²) in [6.07, 6.45) is 12.0. The lowest BCUT2D eigenvalue weighted by Gasteiger charge is -2.20. The van der Waals surface area contributed by atoms with Gasteiger partial charge in [0.25, 0.3) is 5.91 Å². The van der Waals surface area contributed by atoms with Gasteiger partial charge in [-0.15, -0.1) is 0 Å². The van der Waals surface area contributed by atoms with Crippen molar-refractivity contribution < 1.29 is 4.79 Å². The molecule has 2 aliphatic rings. The third-order valence-corrected chi connectivity index (χ3v) is 5.00. The van der Waals surface area contributed by atoms with Crippen molar-refractivity contribution in [1.82, 2.24) is 10.3 Å². The first kappa shape index (κ1) is 20.8. The van der Waals surface area contributed by atoms with E-state index in [2.05, 4.69) is 11.4 Å². The first-order valence-electron chi connectivity index (χ1n) is 9.73. The third-order valence-electron chi connectivity index (χ3n) is 5.00. The molecule has 1 aromatic rings. The van der Waals surface area contributed by atoms with Crippen molar-refractivity contribution in [1.29, 1.82) is 5.26 Å². The van der Waals surface area contributed by atoms with Crippen LogP contribution in [0, 0.1) is 18.3 Å². The normalized spacial score (nSPS) is 17.7. The highest BCUT2D eigenvalue weighted by atomic mass is 16.1. The zero-order valence-corrected chi connectivity index (χ0v) is 16.2. The number of hydrogen-bond donors (Lipinski definition) is 3. The zero-order chi connectivity index (χ0) is 19.7. The van der Waals surface area contributed by atoms with Gasteiger partial charge in [-0.25, -0.2) is 5.84 Å². The molecule has 0 aliphatic heterocycles. The second kappa shape index (κ2) is 9.98. The van der Waals surface area contributed by atoms with Crippen molar-refractivity contribution in [3.63, 3.8) is 0 Å². The van der Waals surface area contributed by atoms with Crippen molar-refractivity contribution in [2.45, 2.75) is 63.8 Å². The highest BCUT2D eigenvalue weighted by Gasteiger charge is 2.47. The number of benzene rings is 1. The maximum atomic E-state index is 11.9. The van der Waals surface area contributed by atoms with Gasteiger partial charge in [-0.05, 0) is 31.9 Å². The Hall–Kier alpha value is -2.52. The molecule has 27 heavy (non-hydrogen) atoms. The molecule has 0 spiro atoms. The zero-order valence-electron chi connectivity index (χ0n) is 16.2. The number of nitrogens with one attached hydrogen (secondary N) is 1. The Balaban J connectivity index is 0.000000369. The Labute approximate surface area is 162 Å². The Morgan fingerprint density at radius 1 is 1.19 bits per heavy atom. The molecule has 1 amide bonds. The minimum absolute atomic E-state index is 0.182. The number of carbonyl (C=O) groups excluding carboxylic acids is 1. The smallest absolute Gasteiger partial charge is 0.251 e. The Morgan fingerprint density at radius 3 is 2.15 bits per heavy atom. The number of nitriles is 1. The molecule has 6 heteroatoms. The van der Waals surface area contributed by atoms with Gasteiger partial charge in [-0.3, -0.25) is 9.80 Å². The lowest BCUT2D eigenvalue weighted by molar-refractivity contribution is 0.0956. The maximum Gasteiger partial charge on any atom is 0.251 e. The minimum Gasteiger partial charge on any atom is -0.399 e. The second-order valence-corrected chi connectivity index (χ2v) is 7.42. The number of nitrogens with zero attached hydrogens (tertiary/aromatic N) is 2. The quantitative estimate of drug-likeness (QED) is 0.546. The molecule has 2 aliphatic carbocycles. The Morgan fingerprint density at radius 2 is 1.70 bits per heavy atom. The predicted molar refractivity (Wildman–Crippen MR) is 107 cm³/mol. The summed E-state index contributed by atoms with van der Waals surface area (Å²) in [5.41, 5.74) is 7.27. The van der Waals surface area contributed by atoms with Crippen molar-refractivity contribution >= 4 is 5.91 Å². The average molecular weight is 370 g/mol. The molecule has 2 fully saturated rings. The molecule has 0 aromatic heterocycles. The number of amides is 1. The van der Waals surface area contributed by atoms with Gasteiger partial charge in [0, 0.05) is 17.5 Å². The van der Waals surface area contributed by atoms with Gasteiger partial charge in [0.1, 0.15) is 5.54 Å². The van der Waals surface area contributed by atoms with Crippen LogP contribution in [0.25, 0.3) is 0 Å². The molecule has 3 rings (SSSR count). The summed E-state index contributed by atoms with van der Waals surface area (Å²) in [6.45, 7) is 2.14. The van der Waals surface area contributed by atoms with Crippen LogP contribution in [-0.4, -0.2) is 23.0 Å². The van der Waals surface area contributed by atoms with Crippen LogP contribution in [-0.2, 0) is 0 Å². The van der Waals surface area contributed by atoms with Crippen LogP contribution in [0.3, 0.4) is 0 Å². The van der Waals surface area contributed by atoms with Crippen molar-refractivity contribution in [3.05, 3.63) is 47.3 Å². The van der Waals surface area contributed by atoms with E-state index in [1.54, 1.807) is 12.1 Å². The van der Waals surface area contributed by atoms with E-state index in [1.807, 2.05) is 19.1 Å². The molecular formula is C21H31N5O. The molecule has 1 aromatic carbocycles. The molecule has 0 saturated heterocycles. The van der Waals surface area contributed by atoms with Gasteiger partial charge in [0.2, 0.25) is 0 Å². The standard InChI is InChI=1S/C15H19N5O.C6H12/c1-11-2-4-12(5-3-11)14(21)19-8-13(17)9-20(18)15(10-16)6-7-15;1-2-4-6-5-3-1/h2-5,9H,6-8,17-18H2,1H3,(H,19,21);1-6H2/b13-9-;. The van der Waals surface area contributed by atoms with Crippen molar-refractivity contribution in [2.75, 3.05) is 6.54 Å². The van der Waals surface area contributed by atoms with E-state index < -0.39 is 5.54 Å². The lowest BCUT2D eigenvalue weighted by Crippen LogP contribution is -2.39. The highest BCUT2D eigenvalue weighted by molar-refractivity contribution is 5.94. The first-order chi connectivity index (χ1) is 13.0. The maximum absolute atomic E-state index is 11.9. The lowest BCUT2D eigenvalue weighted by atomic mass is 10.0. The Kier molecular flexibility index (Phi) is 7.68. The molecule has 0 atom stereocenters. The van der Waals surface area contributed by atoms with Crippen LogP contribution in [0.5, 0.6) is 0 Å². The molecule has 5 N–H and O–H groups in total. The molecule has 146 valence electrons. The molecule has 2 saturated carbocycles. The fourth-order valence-electron chi connectivity index (χ4n) is 2.94. The molecular weight excluding hydrogens is 338 g/mol. The number of aryl methyl sites for hydroxylation is 1. The molecule has 0 bridgehead atoms. The summed E-state index contributed by atoms with van der Waals surface area (Å²) in [6, 6.07) is 9.43. The van der Waals surface area contributed by atoms with Crippen molar-refractivity contribution in [2.24, 2.45) is 11.6 Å². The van der Waals surface area contributed by atoms with Gasteiger partial charge < -0.3 is 11.1 Å². The third kappa shape index (κ3) is 6.61. The SMILES string of the molecule is C1CCCCC1.Cc1ccc(C(=O)NC/C(N)=C/N(N)C2(C#N)CC2)cc1. The monoisotopic (exact) mass is 369 g/mol. The van der Waals surface area contributed by atoms with E-state index >= 15 is 0 Å². The molecule has 0 radical (unpaired) electrons. The number of nitrogens with two attached hydrogens (primary N) is 2. The van der Waals surface area contributed by atoms with Gasteiger partial charge in [0.15, 0.2) is 0 Å². The van der Waals surface area contributed by atoms with Gasteiger partial charge in [-0.2, -0.15) is 5.26 Å². The summed E-state index contributed by atoms with van der Waals surface area (Å²) in [5, 5.41) is 13.1. The van der Waals surface area contributed by atoms with Gasteiger partial charge in [0.05, 0.1) is 12.6 Å². The van der Waals surface area contributed by atoms with Gasteiger partial charge in [-0.1, -0.05) is 56.2 Å². The minimum atomic E-state index is -0.619. The van der Waals surface area contributed by atoms with Crippen LogP contribution in [0.15, 0.2) is 36.2 Å².